The molecule has 1 nitrogen and oxygen atoms in total. The van der Waals surface area contributed by atoms with Crippen molar-refractivity contribution < 1.29 is 0 Å². The molecule has 2 aromatic rings. The average molecular weight is 262 g/mol. The second-order valence-electron chi connectivity index (χ2n) is 6.15. The van der Waals surface area contributed by atoms with Gasteiger partial charge in [-0.05, 0) is 28.5 Å². The van der Waals surface area contributed by atoms with Gasteiger partial charge in [-0.25, -0.2) is 4.98 Å². The summed E-state index contributed by atoms with van der Waals surface area (Å²) in [7, 11) is 0. The zero-order chi connectivity index (χ0) is 13.5. The molecule has 0 spiro atoms. The summed E-state index contributed by atoms with van der Waals surface area (Å²) in [5.41, 5.74) is 3.42. The third-order valence-corrected chi connectivity index (χ3v) is 3.55. The van der Waals surface area contributed by atoms with E-state index >= 15 is 0 Å². The van der Waals surface area contributed by atoms with Gasteiger partial charge in [-0.1, -0.05) is 64.4 Å². The van der Waals surface area contributed by atoms with Crippen LogP contribution in [0.2, 0.25) is 5.15 Å². The lowest BCUT2D eigenvalue weighted by molar-refractivity contribution is 0.589. The van der Waals surface area contributed by atoms with Crippen molar-refractivity contribution in [3.8, 4) is 0 Å². The largest absolute Gasteiger partial charge is 0.235 e. The molecule has 0 atom stereocenters. The predicted molar refractivity (Wildman–Crippen MR) is 79.5 cm³/mol. The fraction of sp³-hybridized carbons (Fsp3) is 0.438. The topological polar surface area (TPSA) is 12.9 Å². The van der Waals surface area contributed by atoms with Gasteiger partial charge in [-0.15, -0.1) is 0 Å². The third kappa shape index (κ3) is 2.37. The van der Waals surface area contributed by atoms with E-state index < -0.39 is 0 Å². The number of benzene rings is 1. The number of para-hydroxylation sites is 1. The molecule has 0 fully saturated rings. The van der Waals surface area contributed by atoms with Crippen LogP contribution < -0.4 is 0 Å². The summed E-state index contributed by atoms with van der Waals surface area (Å²) in [6.45, 7) is 10.8. The quantitative estimate of drug-likeness (QED) is 0.634. The maximum absolute atomic E-state index is 6.35. The van der Waals surface area contributed by atoms with Crippen LogP contribution in [-0.4, -0.2) is 4.98 Å². The Bertz CT molecular complexity index is 579. The molecule has 0 radical (unpaired) electrons. The maximum Gasteiger partial charge on any atom is 0.133 e. The maximum atomic E-state index is 6.35. The fourth-order valence-electron chi connectivity index (χ4n) is 2.19. The van der Waals surface area contributed by atoms with Gasteiger partial charge in [0, 0.05) is 5.39 Å². The van der Waals surface area contributed by atoms with Crippen LogP contribution in [0.4, 0.5) is 0 Å². The number of hydrogen-bond donors (Lipinski definition) is 0. The number of hydrogen-bond acceptors (Lipinski definition) is 1. The SMILES string of the molecule is CC(C)c1cccc2cc(C(C)(C)C)c(Cl)nc12. The average Bonchev–Trinajstić information content (AvgIpc) is 2.25. The molecule has 1 aromatic heterocycles. The van der Waals surface area contributed by atoms with Gasteiger partial charge in [0.25, 0.3) is 0 Å². The van der Waals surface area contributed by atoms with Crippen LogP contribution in [0.15, 0.2) is 24.3 Å². The van der Waals surface area contributed by atoms with Crippen LogP contribution in [0, 0.1) is 0 Å². The minimum Gasteiger partial charge on any atom is -0.235 e. The van der Waals surface area contributed by atoms with Crippen molar-refractivity contribution in [2.45, 2.75) is 46.0 Å². The van der Waals surface area contributed by atoms with E-state index in [1.54, 1.807) is 0 Å². The highest BCUT2D eigenvalue weighted by Gasteiger charge is 2.20. The lowest BCUT2D eigenvalue weighted by Gasteiger charge is -2.21. The second-order valence-corrected chi connectivity index (χ2v) is 6.51. The molecular formula is C16H20ClN. The Hall–Kier alpha value is -1.08. The van der Waals surface area contributed by atoms with Gasteiger partial charge in [0.15, 0.2) is 0 Å². The van der Waals surface area contributed by atoms with E-state index in [2.05, 4.69) is 63.9 Å². The van der Waals surface area contributed by atoms with E-state index in [0.29, 0.717) is 11.1 Å². The highest BCUT2D eigenvalue weighted by Crippen LogP contribution is 2.33. The molecule has 0 amide bonds. The summed E-state index contributed by atoms with van der Waals surface area (Å²) >= 11 is 6.35. The predicted octanol–water partition coefficient (Wildman–Crippen LogP) is 5.31. The normalized spacial score (nSPS) is 12.4. The standard InChI is InChI=1S/C16H20ClN/c1-10(2)12-8-6-7-11-9-13(16(3,4)5)15(17)18-14(11)12/h6-10H,1-5H3. The van der Waals surface area contributed by atoms with Gasteiger partial charge in [-0.2, -0.15) is 0 Å². The highest BCUT2D eigenvalue weighted by molar-refractivity contribution is 6.30. The molecule has 0 unspecified atom stereocenters. The summed E-state index contributed by atoms with van der Waals surface area (Å²) in [5.74, 6) is 0.456. The summed E-state index contributed by atoms with van der Waals surface area (Å²) in [4.78, 5) is 4.63. The van der Waals surface area contributed by atoms with E-state index in [-0.39, 0.29) is 5.41 Å². The summed E-state index contributed by atoms with van der Waals surface area (Å²) in [5, 5.41) is 1.80. The fourth-order valence-corrected chi connectivity index (χ4v) is 2.61. The van der Waals surface area contributed by atoms with Crippen molar-refractivity contribution in [2.75, 3.05) is 0 Å². The van der Waals surface area contributed by atoms with Crippen LogP contribution in [0.5, 0.6) is 0 Å². The van der Waals surface area contributed by atoms with Crippen LogP contribution >= 0.6 is 11.6 Å². The first-order chi connectivity index (χ1) is 8.30. The Balaban J connectivity index is 2.75. The van der Waals surface area contributed by atoms with Gasteiger partial charge >= 0.3 is 0 Å². The van der Waals surface area contributed by atoms with Crippen LogP contribution in [0.3, 0.4) is 0 Å². The van der Waals surface area contributed by atoms with E-state index in [0.717, 1.165) is 11.1 Å². The molecule has 2 heteroatoms. The third-order valence-electron chi connectivity index (χ3n) is 3.26. The zero-order valence-corrected chi connectivity index (χ0v) is 12.5. The Kier molecular flexibility index (Phi) is 3.37. The number of pyridine rings is 1. The molecule has 18 heavy (non-hydrogen) atoms. The zero-order valence-electron chi connectivity index (χ0n) is 11.7. The van der Waals surface area contributed by atoms with Crippen molar-refractivity contribution in [3.05, 3.63) is 40.5 Å². The van der Waals surface area contributed by atoms with Crippen molar-refractivity contribution in [1.82, 2.24) is 4.98 Å². The first-order valence-corrected chi connectivity index (χ1v) is 6.78. The molecule has 0 aliphatic carbocycles. The van der Waals surface area contributed by atoms with Gasteiger partial charge in [0.2, 0.25) is 0 Å². The van der Waals surface area contributed by atoms with Crippen LogP contribution in [-0.2, 0) is 5.41 Å². The molecule has 96 valence electrons. The summed E-state index contributed by atoms with van der Waals surface area (Å²) in [6, 6.07) is 8.52. The molecular weight excluding hydrogens is 242 g/mol. The second kappa shape index (κ2) is 4.55. The van der Waals surface area contributed by atoms with Gasteiger partial charge < -0.3 is 0 Å². The van der Waals surface area contributed by atoms with E-state index in [4.69, 9.17) is 11.6 Å². The number of aromatic nitrogens is 1. The molecule has 0 N–H and O–H groups in total. The van der Waals surface area contributed by atoms with Gasteiger partial charge in [0.05, 0.1) is 5.52 Å². The van der Waals surface area contributed by atoms with Crippen molar-refractivity contribution >= 4 is 22.5 Å². The minimum atomic E-state index is 0.0199. The van der Waals surface area contributed by atoms with Gasteiger partial charge in [0.1, 0.15) is 5.15 Å². The number of rotatable bonds is 1. The lowest BCUT2D eigenvalue weighted by Crippen LogP contribution is -2.12. The Morgan fingerprint density at radius 1 is 1.17 bits per heavy atom. The number of fused-ring (bicyclic) bond motifs is 1. The molecule has 0 saturated heterocycles. The molecule has 1 heterocycles. The molecule has 2 rings (SSSR count). The first kappa shape index (κ1) is 13.4. The van der Waals surface area contributed by atoms with Crippen LogP contribution in [0.1, 0.15) is 51.7 Å². The van der Waals surface area contributed by atoms with Crippen molar-refractivity contribution in [3.63, 3.8) is 0 Å². The van der Waals surface area contributed by atoms with E-state index in [1.165, 1.54) is 10.9 Å². The Morgan fingerprint density at radius 2 is 1.83 bits per heavy atom. The minimum absolute atomic E-state index is 0.0199. The smallest absolute Gasteiger partial charge is 0.133 e. The van der Waals surface area contributed by atoms with E-state index in [1.807, 2.05) is 0 Å². The number of nitrogens with zero attached hydrogens (tertiary/aromatic N) is 1. The molecule has 0 bridgehead atoms. The molecule has 0 saturated carbocycles. The summed E-state index contributed by atoms with van der Waals surface area (Å²) < 4.78 is 0. The lowest BCUT2D eigenvalue weighted by atomic mass is 9.87. The van der Waals surface area contributed by atoms with Crippen LogP contribution in [0.25, 0.3) is 10.9 Å². The van der Waals surface area contributed by atoms with Crippen molar-refractivity contribution in [1.29, 1.82) is 0 Å². The monoisotopic (exact) mass is 261 g/mol. The molecule has 0 aliphatic rings. The Morgan fingerprint density at radius 3 is 2.39 bits per heavy atom. The first-order valence-electron chi connectivity index (χ1n) is 6.40. The number of halogens is 1. The molecule has 0 aliphatic heterocycles. The molecule has 1 aromatic carbocycles. The van der Waals surface area contributed by atoms with E-state index in [9.17, 15) is 0 Å². The van der Waals surface area contributed by atoms with Gasteiger partial charge in [-0.3, -0.25) is 0 Å². The summed E-state index contributed by atoms with van der Waals surface area (Å²) in [6.07, 6.45) is 0. The Labute approximate surface area is 114 Å². The van der Waals surface area contributed by atoms with Crippen molar-refractivity contribution in [2.24, 2.45) is 0 Å². The highest BCUT2D eigenvalue weighted by atomic mass is 35.5.